The zero-order chi connectivity index (χ0) is 19.2. The molecule has 0 fully saturated rings. The fourth-order valence-electron chi connectivity index (χ4n) is 3.95. The summed E-state index contributed by atoms with van der Waals surface area (Å²) in [4.78, 5) is 0. The molecule has 2 rings (SSSR count). The van der Waals surface area contributed by atoms with Gasteiger partial charge in [0, 0.05) is 12.0 Å². The highest BCUT2D eigenvalue weighted by molar-refractivity contribution is 5.47. The topological polar surface area (TPSA) is 55.5 Å². The van der Waals surface area contributed by atoms with Crippen LogP contribution in [0.15, 0.2) is 36.4 Å². The van der Waals surface area contributed by atoms with E-state index in [9.17, 15) is 5.11 Å². The van der Waals surface area contributed by atoms with Crippen molar-refractivity contribution in [1.29, 1.82) is 0 Å². The average Bonchev–Trinajstić information content (AvgIpc) is 2.62. The SMILES string of the molecule is CCCC(CCC)(c1ccc(O)c(C)c1)c1ccc(OCCN)c(C)c1. The van der Waals surface area contributed by atoms with Gasteiger partial charge in [0.15, 0.2) is 0 Å². The lowest BCUT2D eigenvalue weighted by atomic mass is 9.68. The molecule has 0 radical (unpaired) electrons. The molecule has 142 valence electrons. The van der Waals surface area contributed by atoms with Crippen molar-refractivity contribution in [3.8, 4) is 11.5 Å². The predicted molar refractivity (Wildman–Crippen MR) is 109 cm³/mol. The van der Waals surface area contributed by atoms with E-state index in [4.69, 9.17) is 10.5 Å². The van der Waals surface area contributed by atoms with Gasteiger partial charge in [-0.05, 0) is 61.1 Å². The van der Waals surface area contributed by atoms with Gasteiger partial charge in [0.25, 0.3) is 0 Å². The van der Waals surface area contributed by atoms with Crippen LogP contribution in [0.2, 0.25) is 0 Å². The van der Waals surface area contributed by atoms with Crippen LogP contribution >= 0.6 is 0 Å². The number of phenolic OH excluding ortho intramolecular Hbond substituents is 1. The number of hydrogen-bond donors (Lipinski definition) is 2. The number of phenols is 1. The Balaban J connectivity index is 2.56. The highest BCUT2D eigenvalue weighted by atomic mass is 16.5. The molecule has 0 atom stereocenters. The third-order valence-electron chi connectivity index (χ3n) is 5.21. The Morgan fingerprint density at radius 3 is 2.00 bits per heavy atom. The molecule has 3 nitrogen and oxygen atoms in total. The van der Waals surface area contributed by atoms with E-state index in [1.165, 1.54) is 11.1 Å². The second kappa shape index (κ2) is 9.09. The molecule has 0 aliphatic rings. The van der Waals surface area contributed by atoms with E-state index in [0.29, 0.717) is 18.9 Å². The Bertz CT molecular complexity index is 718. The Morgan fingerprint density at radius 2 is 1.50 bits per heavy atom. The van der Waals surface area contributed by atoms with Crippen molar-refractivity contribution in [2.24, 2.45) is 5.73 Å². The molecule has 0 spiro atoms. The van der Waals surface area contributed by atoms with E-state index in [0.717, 1.165) is 42.6 Å². The van der Waals surface area contributed by atoms with Gasteiger partial charge in [0.05, 0.1) is 0 Å². The largest absolute Gasteiger partial charge is 0.508 e. The first-order valence-electron chi connectivity index (χ1n) is 9.72. The van der Waals surface area contributed by atoms with Gasteiger partial charge in [-0.1, -0.05) is 51.0 Å². The molecular weight excluding hydrogens is 322 g/mol. The van der Waals surface area contributed by atoms with E-state index in [1.54, 1.807) is 0 Å². The molecular formula is C23H33NO2. The lowest BCUT2D eigenvalue weighted by Crippen LogP contribution is -2.28. The van der Waals surface area contributed by atoms with Crippen LogP contribution in [0.3, 0.4) is 0 Å². The maximum absolute atomic E-state index is 9.98. The Kier molecular flexibility index (Phi) is 7.10. The van der Waals surface area contributed by atoms with E-state index in [2.05, 4.69) is 51.1 Å². The maximum Gasteiger partial charge on any atom is 0.122 e. The average molecular weight is 356 g/mol. The molecule has 2 aromatic rings. The lowest BCUT2D eigenvalue weighted by Gasteiger charge is -2.36. The second-order valence-electron chi connectivity index (χ2n) is 7.20. The van der Waals surface area contributed by atoms with Gasteiger partial charge >= 0.3 is 0 Å². The van der Waals surface area contributed by atoms with Gasteiger partial charge in [0.1, 0.15) is 18.1 Å². The summed E-state index contributed by atoms with van der Waals surface area (Å²) < 4.78 is 5.76. The lowest BCUT2D eigenvalue weighted by molar-refractivity contribution is 0.325. The van der Waals surface area contributed by atoms with E-state index < -0.39 is 0 Å². The molecule has 0 aliphatic carbocycles. The van der Waals surface area contributed by atoms with Crippen molar-refractivity contribution >= 4 is 0 Å². The van der Waals surface area contributed by atoms with Crippen LogP contribution in [0.5, 0.6) is 11.5 Å². The van der Waals surface area contributed by atoms with Gasteiger partial charge in [-0.3, -0.25) is 0 Å². The van der Waals surface area contributed by atoms with Crippen molar-refractivity contribution < 1.29 is 9.84 Å². The van der Waals surface area contributed by atoms with Crippen molar-refractivity contribution in [3.05, 3.63) is 58.7 Å². The summed E-state index contributed by atoms with van der Waals surface area (Å²) in [5.41, 5.74) is 10.2. The summed E-state index contributed by atoms with van der Waals surface area (Å²) in [6, 6.07) is 12.6. The first-order valence-corrected chi connectivity index (χ1v) is 9.72. The molecule has 26 heavy (non-hydrogen) atoms. The number of benzene rings is 2. The number of aryl methyl sites for hydroxylation is 2. The molecule has 0 bridgehead atoms. The van der Waals surface area contributed by atoms with E-state index in [1.807, 2.05) is 13.0 Å². The van der Waals surface area contributed by atoms with Gasteiger partial charge in [-0.2, -0.15) is 0 Å². The standard InChI is InChI=1S/C23H33NO2/c1-5-11-23(12-6-2,19-7-9-21(25)17(3)15-19)20-8-10-22(18(4)16-20)26-14-13-24/h7-10,15-16,25H,5-6,11-14,24H2,1-4H3. The van der Waals surface area contributed by atoms with Crippen LogP contribution in [-0.2, 0) is 5.41 Å². The normalized spacial score (nSPS) is 11.6. The highest BCUT2D eigenvalue weighted by Gasteiger charge is 2.33. The summed E-state index contributed by atoms with van der Waals surface area (Å²) in [5, 5.41) is 9.98. The molecule has 0 saturated carbocycles. The summed E-state index contributed by atoms with van der Waals surface area (Å²) in [5.74, 6) is 1.26. The molecule has 0 amide bonds. The Labute approximate surface area is 158 Å². The Morgan fingerprint density at radius 1 is 0.923 bits per heavy atom. The minimum Gasteiger partial charge on any atom is -0.508 e. The molecule has 0 saturated heterocycles. The minimum absolute atomic E-state index is 0.0425. The summed E-state index contributed by atoms with van der Waals surface area (Å²) in [6.07, 6.45) is 4.36. The van der Waals surface area contributed by atoms with Gasteiger partial charge < -0.3 is 15.6 Å². The summed E-state index contributed by atoms with van der Waals surface area (Å²) in [6.45, 7) is 9.60. The molecule has 3 heteroatoms. The van der Waals surface area contributed by atoms with Gasteiger partial charge in [0.2, 0.25) is 0 Å². The number of ether oxygens (including phenoxy) is 1. The van der Waals surface area contributed by atoms with Crippen molar-refractivity contribution in [1.82, 2.24) is 0 Å². The predicted octanol–water partition coefficient (Wildman–Crippen LogP) is 5.23. The zero-order valence-electron chi connectivity index (χ0n) is 16.6. The van der Waals surface area contributed by atoms with E-state index >= 15 is 0 Å². The molecule has 0 heterocycles. The highest BCUT2D eigenvalue weighted by Crippen LogP contribution is 2.43. The quantitative estimate of drug-likeness (QED) is 0.647. The van der Waals surface area contributed by atoms with Crippen molar-refractivity contribution in [3.63, 3.8) is 0 Å². The van der Waals surface area contributed by atoms with Gasteiger partial charge in [-0.15, -0.1) is 0 Å². The van der Waals surface area contributed by atoms with Crippen LogP contribution in [-0.4, -0.2) is 18.3 Å². The van der Waals surface area contributed by atoms with Crippen LogP contribution in [0, 0.1) is 13.8 Å². The zero-order valence-corrected chi connectivity index (χ0v) is 16.6. The number of hydrogen-bond acceptors (Lipinski definition) is 3. The first kappa shape index (κ1) is 20.3. The number of nitrogens with two attached hydrogens (primary N) is 1. The molecule has 2 aromatic carbocycles. The monoisotopic (exact) mass is 355 g/mol. The summed E-state index contributed by atoms with van der Waals surface area (Å²) >= 11 is 0. The fourth-order valence-corrected chi connectivity index (χ4v) is 3.95. The number of aromatic hydroxyl groups is 1. The molecule has 0 aliphatic heterocycles. The minimum atomic E-state index is -0.0425. The third kappa shape index (κ3) is 4.21. The molecule has 3 N–H and O–H groups in total. The molecule has 0 unspecified atom stereocenters. The fraction of sp³-hybridized carbons (Fsp3) is 0.478. The second-order valence-corrected chi connectivity index (χ2v) is 7.20. The third-order valence-corrected chi connectivity index (χ3v) is 5.21. The number of rotatable bonds is 9. The Hall–Kier alpha value is -2.00. The van der Waals surface area contributed by atoms with Crippen LogP contribution in [0.25, 0.3) is 0 Å². The van der Waals surface area contributed by atoms with E-state index in [-0.39, 0.29) is 5.41 Å². The van der Waals surface area contributed by atoms with Crippen LogP contribution in [0.4, 0.5) is 0 Å². The smallest absolute Gasteiger partial charge is 0.122 e. The molecule has 0 aromatic heterocycles. The van der Waals surface area contributed by atoms with Crippen molar-refractivity contribution in [2.75, 3.05) is 13.2 Å². The summed E-state index contributed by atoms with van der Waals surface area (Å²) in [7, 11) is 0. The maximum atomic E-state index is 9.98. The van der Waals surface area contributed by atoms with Crippen molar-refractivity contribution in [2.45, 2.75) is 58.8 Å². The van der Waals surface area contributed by atoms with Crippen LogP contribution < -0.4 is 10.5 Å². The van der Waals surface area contributed by atoms with Gasteiger partial charge in [-0.25, -0.2) is 0 Å². The first-order chi connectivity index (χ1) is 12.5. The van der Waals surface area contributed by atoms with Crippen LogP contribution in [0.1, 0.15) is 61.8 Å².